The van der Waals surface area contributed by atoms with Crippen molar-refractivity contribution in [3.05, 3.63) is 30.5 Å². The summed E-state index contributed by atoms with van der Waals surface area (Å²) in [6.45, 7) is 7.30. The summed E-state index contributed by atoms with van der Waals surface area (Å²) in [5, 5.41) is 11.4. The molecule has 8 heteroatoms. The van der Waals surface area contributed by atoms with Crippen LogP contribution in [-0.2, 0) is 11.3 Å². The second-order valence-corrected chi connectivity index (χ2v) is 8.05. The lowest BCUT2D eigenvalue weighted by Gasteiger charge is -2.31. The molecule has 2 fully saturated rings. The van der Waals surface area contributed by atoms with E-state index in [-0.39, 0.29) is 5.91 Å². The van der Waals surface area contributed by atoms with Crippen LogP contribution in [0.25, 0.3) is 0 Å². The summed E-state index contributed by atoms with van der Waals surface area (Å²) in [6.07, 6.45) is 9.49. The number of aromatic nitrogens is 4. The minimum absolute atomic E-state index is 0.00938. The Morgan fingerprint density at radius 1 is 1.17 bits per heavy atom. The number of piperidine rings is 2. The lowest BCUT2D eigenvalue weighted by molar-refractivity contribution is -0.117. The molecule has 156 valence electrons. The Morgan fingerprint density at radius 2 is 2.03 bits per heavy atom. The van der Waals surface area contributed by atoms with Crippen LogP contribution in [0.1, 0.15) is 50.8 Å². The molecule has 2 saturated heterocycles. The van der Waals surface area contributed by atoms with Crippen molar-refractivity contribution in [3.63, 3.8) is 0 Å². The van der Waals surface area contributed by atoms with E-state index in [0.29, 0.717) is 12.5 Å². The number of amides is 1. The number of hydrogen-bond donors (Lipinski definition) is 1. The smallest absolute Gasteiger partial charge is 0.238 e. The first kappa shape index (κ1) is 19.8. The van der Waals surface area contributed by atoms with Gasteiger partial charge in [0.05, 0.1) is 18.4 Å². The van der Waals surface area contributed by atoms with Crippen LogP contribution in [0.5, 0.6) is 0 Å². The van der Waals surface area contributed by atoms with Crippen molar-refractivity contribution in [2.24, 2.45) is 0 Å². The molecule has 2 aromatic rings. The summed E-state index contributed by atoms with van der Waals surface area (Å²) >= 11 is 0. The van der Waals surface area contributed by atoms with E-state index in [2.05, 4.69) is 41.8 Å². The van der Waals surface area contributed by atoms with E-state index in [1.165, 1.54) is 19.3 Å². The van der Waals surface area contributed by atoms with E-state index < -0.39 is 0 Å². The maximum absolute atomic E-state index is 12.6. The zero-order valence-electron chi connectivity index (χ0n) is 17.3. The molecule has 0 aliphatic carbocycles. The summed E-state index contributed by atoms with van der Waals surface area (Å²) in [7, 11) is 0. The highest BCUT2D eigenvalue weighted by Crippen LogP contribution is 2.25. The number of likely N-dealkylation sites (tertiary alicyclic amines) is 1. The van der Waals surface area contributed by atoms with Gasteiger partial charge in [-0.1, -0.05) is 0 Å². The molecule has 0 radical (unpaired) electrons. The third-order valence-electron chi connectivity index (χ3n) is 5.94. The van der Waals surface area contributed by atoms with E-state index in [4.69, 9.17) is 0 Å². The van der Waals surface area contributed by atoms with Crippen LogP contribution in [0.4, 0.5) is 11.5 Å². The van der Waals surface area contributed by atoms with Gasteiger partial charge in [-0.15, -0.1) is 10.2 Å². The Kier molecular flexibility index (Phi) is 6.39. The molecule has 0 bridgehead atoms. The highest BCUT2D eigenvalue weighted by atomic mass is 16.2. The van der Waals surface area contributed by atoms with E-state index in [9.17, 15) is 4.79 Å². The topological polar surface area (TPSA) is 79.2 Å². The molecule has 1 N–H and O–H groups in total. The minimum Gasteiger partial charge on any atom is -0.357 e. The van der Waals surface area contributed by atoms with Crippen molar-refractivity contribution in [2.75, 3.05) is 42.9 Å². The Balaban J connectivity index is 1.30. The molecule has 8 nitrogen and oxygen atoms in total. The zero-order valence-corrected chi connectivity index (χ0v) is 17.3. The molecule has 0 spiro atoms. The lowest BCUT2D eigenvalue weighted by Crippen LogP contribution is -2.40. The molecular weight excluding hydrogens is 366 g/mol. The number of pyridine rings is 1. The molecule has 2 aliphatic rings. The van der Waals surface area contributed by atoms with Crippen LogP contribution in [0.15, 0.2) is 24.7 Å². The lowest BCUT2D eigenvalue weighted by atomic mass is 9.97. The summed E-state index contributed by atoms with van der Waals surface area (Å²) < 4.78 is 2.10. The molecule has 2 aromatic heterocycles. The molecule has 2 aliphatic heterocycles. The average Bonchev–Trinajstić information content (AvgIpc) is 3.24. The zero-order chi connectivity index (χ0) is 20.1. The number of aryl methyl sites for hydroxylation is 1. The van der Waals surface area contributed by atoms with Crippen molar-refractivity contribution >= 4 is 17.4 Å². The fourth-order valence-corrected chi connectivity index (χ4v) is 4.41. The maximum atomic E-state index is 12.6. The number of rotatable bonds is 6. The largest absolute Gasteiger partial charge is 0.357 e. The Bertz CT molecular complexity index is 798. The third kappa shape index (κ3) is 4.93. The number of nitrogens with zero attached hydrogens (tertiary/aromatic N) is 6. The fraction of sp³-hybridized carbons (Fsp3) is 0.619. The van der Waals surface area contributed by atoms with Crippen LogP contribution in [-0.4, -0.2) is 63.3 Å². The van der Waals surface area contributed by atoms with Gasteiger partial charge >= 0.3 is 0 Å². The summed E-state index contributed by atoms with van der Waals surface area (Å²) in [5.74, 6) is 2.39. The normalized spacial score (nSPS) is 20.6. The van der Waals surface area contributed by atoms with Gasteiger partial charge in [-0.2, -0.15) is 0 Å². The maximum Gasteiger partial charge on any atom is 0.238 e. The van der Waals surface area contributed by atoms with E-state index in [1.54, 1.807) is 12.5 Å². The van der Waals surface area contributed by atoms with Gasteiger partial charge in [-0.3, -0.25) is 9.69 Å². The van der Waals surface area contributed by atoms with Gasteiger partial charge in [0.1, 0.15) is 18.0 Å². The van der Waals surface area contributed by atoms with E-state index in [0.717, 1.165) is 62.9 Å². The predicted octanol–water partition coefficient (Wildman–Crippen LogP) is 2.50. The number of anilines is 2. The van der Waals surface area contributed by atoms with Gasteiger partial charge in [0.25, 0.3) is 0 Å². The molecule has 0 saturated carbocycles. The van der Waals surface area contributed by atoms with Crippen molar-refractivity contribution < 1.29 is 4.79 Å². The van der Waals surface area contributed by atoms with E-state index >= 15 is 0 Å². The Labute approximate surface area is 172 Å². The van der Waals surface area contributed by atoms with Gasteiger partial charge < -0.3 is 14.8 Å². The molecule has 29 heavy (non-hydrogen) atoms. The number of nitrogens with one attached hydrogen (secondary N) is 1. The predicted molar refractivity (Wildman–Crippen MR) is 113 cm³/mol. The third-order valence-corrected chi connectivity index (χ3v) is 5.94. The van der Waals surface area contributed by atoms with Crippen LogP contribution >= 0.6 is 0 Å². The summed E-state index contributed by atoms with van der Waals surface area (Å²) in [6, 6.07) is 3.97. The fourth-order valence-electron chi connectivity index (χ4n) is 4.41. The Morgan fingerprint density at radius 3 is 2.79 bits per heavy atom. The molecule has 1 unspecified atom stereocenters. The molecule has 4 rings (SSSR count). The van der Waals surface area contributed by atoms with E-state index in [1.807, 2.05) is 12.1 Å². The van der Waals surface area contributed by atoms with Gasteiger partial charge in [-0.25, -0.2) is 4.98 Å². The van der Waals surface area contributed by atoms with Gasteiger partial charge in [0.15, 0.2) is 0 Å². The average molecular weight is 398 g/mol. The van der Waals surface area contributed by atoms with Crippen molar-refractivity contribution in [3.8, 4) is 0 Å². The van der Waals surface area contributed by atoms with Crippen LogP contribution in [0.3, 0.4) is 0 Å². The minimum atomic E-state index is 0.00938. The number of hydrogen-bond acceptors (Lipinski definition) is 6. The highest BCUT2D eigenvalue weighted by Gasteiger charge is 2.26. The van der Waals surface area contributed by atoms with Crippen molar-refractivity contribution in [1.29, 1.82) is 0 Å². The molecule has 0 aromatic carbocycles. The quantitative estimate of drug-likeness (QED) is 0.807. The Hall–Kier alpha value is -2.48. The summed E-state index contributed by atoms with van der Waals surface area (Å²) in [4.78, 5) is 21.6. The standard InChI is InChI=1S/C21H31N7O/c1-2-27-16-23-25-21(27)17-7-6-10-26(14-17)15-20(29)24-18-8-9-19(22-13-18)28-11-4-3-5-12-28/h8-9,13,16-17H,2-7,10-12,14-15H2,1H3,(H,24,29). The molecule has 4 heterocycles. The SMILES string of the molecule is CCn1cnnc1C1CCCN(CC(=O)Nc2ccc(N3CCCCC3)nc2)C1. The van der Waals surface area contributed by atoms with Crippen LogP contribution in [0, 0.1) is 0 Å². The monoisotopic (exact) mass is 397 g/mol. The molecule has 1 atom stereocenters. The van der Waals surface area contributed by atoms with Crippen molar-refractivity contribution in [2.45, 2.75) is 51.5 Å². The second-order valence-electron chi connectivity index (χ2n) is 8.05. The van der Waals surface area contributed by atoms with Crippen LogP contribution < -0.4 is 10.2 Å². The van der Waals surface area contributed by atoms with Gasteiger partial charge in [0, 0.05) is 32.1 Å². The molecular formula is C21H31N7O. The van der Waals surface area contributed by atoms with Gasteiger partial charge in [-0.05, 0) is 57.7 Å². The first-order chi connectivity index (χ1) is 14.2. The first-order valence-electron chi connectivity index (χ1n) is 10.8. The summed E-state index contributed by atoms with van der Waals surface area (Å²) in [5.41, 5.74) is 0.759. The van der Waals surface area contributed by atoms with Crippen molar-refractivity contribution in [1.82, 2.24) is 24.6 Å². The number of carbonyl (C=O) groups is 1. The highest BCUT2D eigenvalue weighted by molar-refractivity contribution is 5.92. The number of carbonyl (C=O) groups excluding carboxylic acids is 1. The van der Waals surface area contributed by atoms with Gasteiger partial charge in [0.2, 0.25) is 5.91 Å². The second kappa shape index (κ2) is 9.35. The molecule has 1 amide bonds. The first-order valence-corrected chi connectivity index (χ1v) is 10.8. The van der Waals surface area contributed by atoms with Crippen LogP contribution in [0.2, 0.25) is 0 Å².